The topological polar surface area (TPSA) is 74.5 Å². The molecule has 0 aromatic carbocycles. The van der Waals surface area contributed by atoms with Gasteiger partial charge in [-0.3, -0.25) is 9.69 Å². The van der Waals surface area contributed by atoms with E-state index in [1.807, 2.05) is 25.8 Å². The number of hydrogen-bond donors (Lipinski definition) is 1. The standard InChI is InChI=1S/C18H31N5O2/c1-13(2)16-20-15(21-25-16)5-10-22(3)17(24)14-11-18(12-23(14)4)6-8-19-9-7-18/h13-14,19H,5-12H2,1-4H3. The van der Waals surface area contributed by atoms with Crippen LogP contribution in [0.4, 0.5) is 0 Å². The van der Waals surface area contributed by atoms with Crippen molar-refractivity contribution < 1.29 is 9.32 Å². The quantitative estimate of drug-likeness (QED) is 0.863. The van der Waals surface area contributed by atoms with Gasteiger partial charge in [0.1, 0.15) is 0 Å². The van der Waals surface area contributed by atoms with Crippen LogP contribution >= 0.6 is 0 Å². The van der Waals surface area contributed by atoms with Crippen LogP contribution < -0.4 is 5.32 Å². The summed E-state index contributed by atoms with van der Waals surface area (Å²) in [5.74, 6) is 1.78. The lowest BCUT2D eigenvalue weighted by Gasteiger charge is -2.33. The largest absolute Gasteiger partial charge is 0.344 e. The number of likely N-dealkylation sites (tertiary alicyclic amines) is 1. The summed E-state index contributed by atoms with van der Waals surface area (Å²) in [6, 6.07) is -0.000377. The van der Waals surface area contributed by atoms with E-state index in [9.17, 15) is 4.79 Å². The number of hydrogen-bond acceptors (Lipinski definition) is 6. The maximum atomic E-state index is 12.9. The van der Waals surface area contributed by atoms with Crippen molar-refractivity contribution >= 4 is 5.91 Å². The molecule has 25 heavy (non-hydrogen) atoms. The molecule has 2 saturated heterocycles. The number of nitrogens with one attached hydrogen (secondary N) is 1. The first-order chi connectivity index (χ1) is 11.9. The minimum atomic E-state index is -0.000377. The summed E-state index contributed by atoms with van der Waals surface area (Å²) in [6.07, 6.45) is 3.95. The molecule has 1 aromatic rings. The highest BCUT2D eigenvalue weighted by atomic mass is 16.5. The van der Waals surface area contributed by atoms with Crippen LogP contribution in [0, 0.1) is 5.41 Å². The van der Waals surface area contributed by atoms with Gasteiger partial charge in [-0.1, -0.05) is 19.0 Å². The average molecular weight is 349 g/mol. The molecule has 0 radical (unpaired) electrons. The van der Waals surface area contributed by atoms with Gasteiger partial charge in [0, 0.05) is 32.5 Å². The number of carbonyl (C=O) groups is 1. The summed E-state index contributed by atoms with van der Waals surface area (Å²) < 4.78 is 5.23. The van der Waals surface area contributed by atoms with Gasteiger partial charge in [-0.05, 0) is 44.8 Å². The van der Waals surface area contributed by atoms with Crippen molar-refractivity contribution in [2.75, 3.05) is 40.3 Å². The summed E-state index contributed by atoms with van der Waals surface area (Å²) in [7, 11) is 3.97. The van der Waals surface area contributed by atoms with Crippen molar-refractivity contribution in [1.29, 1.82) is 0 Å². The van der Waals surface area contributed by atoms with Crippen molar-refractivity contribution in [1.82, 2.24) is 25.3 Å². The van der Waals surface area contributed by atoms with E-state index in [4.69, 9.17) is 4.52 Å². The molecule has 140 valence electrons. The Morgan fingerprint density at radius 1 is 1.44 bits per heavy atom. The lowest BCUT2D eigenvalue weighted by molar-refractivity contribution is -0.134. The van der Waals surface area contributed by atoms with Crippen LogP contribution in [0.1, 0.15) is 50.7 Å². The van der Waals surface area contributed by atoms with Gasteiger partial charge in [-0.25, -0.2) is 0 Å². The van der Waals surface area contributed by atoms with Crippen LogP contribution in [0.2, 0.25) is 0 Å². The number of piperidine rings is 1. The van der Waals surface area contributed by atoms with E-state index in [0.717, 1.165) is 26.1 Å². The van der Waals surface area contributed by atoms with Crippen molar-refractivity contribution in [3.8, 4) is 0 Å². The third-order valence-corrected chi connectivity index (χ3v) is 5.72. The lowest BCUT2D eigenvalue weighted by atomic mass is 9.77. The second kappa shape index (κ2) is 7.41. The molecule has 3 rings (SSSR count). The number of rotatable bonds is 5. The summed E-state index contributed by atoms with van der Waals surface area (Å²) in [6.45, 7) is 7.84. The van der Waals surface area contributed by atoms with E-state index in [1.54, 1.807) is 0 Å². The van der Waals surface area contributed by atoms with Crippen LogP contribution in [-0.4, -0.2) is 72.2 Å². The summed E-state index contributed by atoms with van der Waals surface area (Å²) in [5.41, 5.74) is 0.320. The smallest absolute Gasteiger partial charge is 0.239 e. The predicted octanol–water partition coefficient (Wildman–Crippen LogP) is 1.27. The van der Waals surface area contributed by atoms with E-state index in [1.165, 1.54) is 12.8 Å². The van der Waals surface area contributed by atoms with Gasteiger partial charge in [0.05, 0.1) is 6.04 Å². The zero-order valence-corrected chi connectivity index (χ0v) is 15.9. The first-order valence-corrected chi connectivity index (χ1v) is 9.39. The van der Waals surface area contributed by atoms with E-state index >= 15 is 0 Å². The maximum absolute atomic E-state index is 12.9. The fourth-order valence-corrected chi connectivity index (χ4v) is 4.10. The molecular formula is C18H31N5O2. The molecule has 1 atom stereocenters. The molecule has 3 heterocycles. The monoisotopic (exact) mass is 349 g/mol. The Morgan fingerprint density at radius 2 is 2.16 bits per heavy atom. The van der Waals surface area contributed by atoms with Gasteiger partial charge >= 0.3 is 0 Å². The summed E-state index contributed by atoms with van der Waals surface area (Å²) >= 11 is 0. The molecule has 1 aromatic heterocycles. The molecule has 0 aliphatic carbocycles. The number of amides is 1. The Hall–Kier alpha value is -1.47. The zero-order chi connectivity index (χ0) is 18.0. The molecule has 2 aliphatic rings. The first kappa shape index (κ1) is 18.3. The fourth-order valence-electron chi connectivity index (χ4n) is 4.10. The minimum Gasteiger partial charge on any atom is -0.344 e. The Kier molecular flexibility index (Phi) is 5.43. The molecule has 7 heteroatoms. The van der Waals surface area contributed by atoms with Crippen molar-refractivity contribution in [3.05, 3.63) is 11.7 Å². The van der Waals surface area contributed by atoms with Crippen LogP contribution in [-0.2, 0) is 11.2 Å². The summed E-state index contributed by atoms with van der Waals surface area (Å²) in [5, 5.41) is 7.44. The minimum absolute atomic E-state index is 0.000377. The van der Waals surface area contributed by atoms with Crippen LogP contribution in [0.5, 0.6) is 0 Å². The molecule has 2 aliphatic heterocycles. The first-order valence-electron chi connectivity index (χ1n) is 9.39. The van der Waals surface area contributed by atoms with Gasteiger partial charge < -0.3 is 14.7 Å². The molecule has 1 amide bonds. The molecule has 0 bridgehead atoms. The normalized spacial score (nSPS) is 23.5. The van der Waals surface area contributed by atoms with Crippen LogP contribution in [0.15, 0.2) is 4.52 Å². The Labute approximate surface area is 150 Å². The number of carbonyl (C=O) groups excluding carboxylic acids is 1. The second-order valence-electron chi connectivity index (χ2n) is 8.10. The molecule has 1 unspecified atom stereocenters. The SMILES string of the molecule is CC(C)c1nc(CCN(C)C(=O)C2CC3(CCNCC3)CN2C)no1. The molecule has 1 spiro atoms. The Morgan fingerprint density at radius 3 is 2.80 bits per heavy atom. The van der Waals surface area contributed by atoms with Crippen molar-refractivity contribution in [3.63, 3.8) is 0 Å². The Bertz CT molecular complexity index is 594. The second-order valence-corrected chi connectivity index (χ2v) is 8.10. The lowest BCUT2D eigenvalue weighted by Crippen LogP contribution is -2.43. The molecule has 2 fully saturated rings. The third-order valence-electron chi connectivity index (χ3n) is 5.72. The van der Waals surface area contributed by atoms with E-state index in [0.29, 0.717) is 30.1 Å². The molecule has 7 nitrogen and oxygen atoms in total. The fraction of sp³-hybridized carbons (Fsp3) is 0.833. The van der Waals surface area contributed by atoms with Crippen molar-refractivity contribution in [2.24, 2.45) is 5.41 Å². The van der Waals surface area contributed by atoms with Gasteiger partial charge in [-0.15, -0.1) is 0 Å². The van der Waals surface area contributed by atoms with Gasteiger partial charge in [0.2, 0.25) is 11.8 Å². The highest BCUT2D eigenvalue weighted by Gasteiger charge is 2.46. The van der Waals surface area contributed by atoms with Gasteiger partial charge in [-0.2, -0.15) is 4.98 Å². The summed E-state index contributed by atoms with van der Waals surface area (Å²) in [4.78, 5) is 21.4. The molecule has 1 N–H and O–H groups in total. The van der Waals surface area contributed by atoms with Crippen molar-refractivity contribution in [2.45, 2.75) is 51.5 Å². The molecule has 0 saturated carbocycles. The highest BCUT2D eigenvalue weighted by Crippen LogP contribution is 2.41. The van der Waals surface area contributed by atoms with Gasteiger partial charge in [0.25, 0.3) is 0 Å². The Balaban J connectivity index is 1.54. The third kappa shape index (κ3) is 4.03. The maximum Gasteiger partial charge on any atom is 0.239 e. The van der Waals surface area contributed by atoms with E-state index in [-0.39, 0.29) is 17.9 Å². The highest BCUT2D eigenvalue weighted by molar-refractivity contribution is 5.82. The van der Waals surface area contributed by atoms with Crippen LogP contribution in [0.25, 0.3) is 0 Å². The van der Waals surface area contributed by atoms with Gasteiger partial charge in [0.15, 0.2) is 5.82 Å². The predicted molar refractivity (Wildman–Crippen MR) is 95.3 cm³/mol. The van der Waals surface area contributed by atoms with Crippen LogP contribution in [0.3, 0.4) is 0 Å². The number of aromatic nitrogens is 2. The zero-order valence-electron chi connectivity index (χ0n) is 15.9. The number of likely N-dealkylation sites (N-methyl/N-ethyl adjacent to an activating group) is 2. The van der Waals surface area contributed by atoms with E-state index < -0.39 is 0 Å². The average Bonchev–Trinajstić information content (AvgIpc) is 3.18. The number of nitrogens with zero attached hydrogens (tertiary/aromatic N) is 4. The molecular weight excluding hydrogens is 318 g/mol. The van der Waals surface area contributed by atoms with E-state index in [2.05, 4.69) is 27.4 Å².